The third-order valence-electron chi connectivity index (χ3n) is 2.06. The lowest BCUT2D eigenvalue weighted by molar-refractivity contribution is 0.709. The maximum Gasteiger partial charge on any atom is 0.189 e. The predicted octanol–water partition coefficient (Wildman–Crippen LogP) is 2.33. The van der Waals surface area contributed by atoms with Gasteiger partial charge in [0.05, 0.1) is 6.04 Å². The Morgan fingerprint density at radius 3 is 2.60 bits per heavy atom. The van der Waals surface area contributed by atoms with Gasteiger partial charge in [0, 0.05) is 11.6 Å². The normalized spacial score (nSPS) is 13.7. The van der Waals surface area contributed by atoms with E-state index in [0.717, 1.165) is 10.6 Å². The lowest BCUT2D eigenvalue weighted by Crippen LogP contribution is -2.33. The fourth-order valence-electron chi connectivity index (χ4n) is 1.27. The molecule has 1 atom stereocenters. The van der Waals surface area contributed by atoms with Crippen LogP contribution in [-0.4, -0.2) is 12.5 Å². The molecule has 0 aliphatic rings. The molecule has 0 aliphatic heterocycles. The molecule has 1 rings (SSSR count). The van der Waals surface area contributed by atoms with Gasteiger partial charge < -0.3 is 11.1 Å². The fraction of sp³-hybridized carbons (Fsp3) is 0.364. The van der Waals surface area contributed by atoms with E-state index in [-0.39, 0.29) is 6.04 Å². The van der Waals surface area contributed by atoms with E-state index in [1.807, 2.05) is 38.1 Å². The van der Waals surface area contributed by atoms with Crippen molar-refractivity contribution < 1.29 is 0 Å². The molecule has 0 spiro atoms. The summed E-state index contributed by atoms with van der Waals surface area (Å²) in [5.41, 5.74) is 6.80. The van der Waals surface area contributed by atoms with Crippen molar-refractivity contribution in [2.75, 3.05) is 6.54 Å². The molecule has 0 aromatic heterocycles. The van der Waals surface area contributed by atoms with Gasteiger partial charge in [-0.1, -0.05) is 23.7 Å². The van der Waals surface area contributed by atoms with Crippen molar-refractivity contribution in [3.63, 3.8) is 0 Å². The summed E-state index contributed by atoms with van der Waals surface area (Å²) >= 11 is 5.80. The number of hydrogen-bond donors (Lipinski definition) is 2. The average Bonchev–Trinajstić information content (AvgIpc) is 2.18. The summed E-state index contributed by atoms with van der Waals surface area (Å²) in [7, 11) is 0. The zero-order valence-corrected chi connectivity index (χ0v) is 9.75. The van der Waals surface area contributed by atoms with Crippen LogP contribution in [0.2, 0.25) is 5.02 Å². The van der Waals surface area contributed by atoms with Crippen molar-refractivity contribution in [2.24, 2.45) is 10.7 Å². The molecule has 0 saturated heterocycles. The van der Waals surface area contributed by atoms with E-state index in [2.05, 4.69) is 10.3 Å². The van der Waals surface area contributed by atoms with Crippen LogP contribution in [0.5, 0.6) is 0 Å². The highest BCUT2D eigenvalue weighted by atomic mass is 35.5. The molecular weight excluding hydrogens is 210 g/mol. The van der Waals surface area contributed by atoms with Gasteiger partial charge in [-0.25, -0.2) is 0 Å². The van der Waals surface area contributed by atoms with Crippen molar-refractivity contribution in [3.05, 3.63) is 34.9 Å². The maximum absolute atomic E-state index is 5.80. The first-order valence-corrected chi connectivity index (χ1v) is 5.33. The van der Waals surface area contributed by atoms with Crippen LogP contribution in [0.4, 0.5) is 0 Å². The van der Waals surface area contributed by atoms with Gasteiger partial charge in [-0.05, 0) is 31.5 Å². The predicted molar refractivity (Wildman–Crippen MR) is 65.2 cm³/mol. The topological polar surface area (TPSA) is 50.4 Å². The van der Waals surface area contributed by atoms with Crippen molar-refractivity contribution >= 4 is 17.6 Å². The fourth-order valence-corrected chi connectivity index (χ4v) is 1.40. The van der Waals surface area contributed by atoms with Crippen LogP contribution in [-0.2, 0) is 0 Å². The molecule has 3 nitrogen and oxygen atoms in total. The molecule has 15 heavy (non-hydrogen) atoms. The van der Waals surface area contributed by atoms with Crippen molar-refractivity contribution in [1.82, 2.24) is 5.32 Å². The highest BCUT2D eigenvalue weighted by molar-refractivity contribution is 6.30. The molecule has 0 amide bonds. The molecular formula is C11H16ClN3. The molecule has 4 heteroatoms. The summed E-state index contributed by atoms with van der Waals surface area (Å²) in [6.07, 6.45) is 0. The minimum atomic E-state index is 0.137. The van der Waals surface area contributed by atoms with E-state index in [1.54, 1.807) is 0 Å². The Labute approximate surface area is 95.3 Å². The summed E-state index contributed by atoms with van der Waals surface area (Å²) in [6.45, 7) is 4.66. The largest absolute Gasteiger partial charge is 0.370 e. The van der Waals surface area contributed by atoms with Crippen molar-refractivity contribution in [3.8, 4) is 0 Å². The number of guanidine groups is 1. The number of nitrogens with two attached hydrogens (primary N) is 1. The SMILES string of the molecule is CCN=C(N)NC(C)c1ccc(Cl)cc1. The van der Waals surface area contributed by atoms with Gasteiger partial charge in [0.1, 0.15) is 0 Å². The number of benzene rings is 1. The molecule has 0 heterocycles. The molecule has 1 aromatic carbocycles. The first kappa shape index (κ1) is 11.9. The Morgan fingerprint density at radius 2 is 2.07 bits per heavy atom. The summed E-state index contributed by atoms with van der Waals surface area (Å²) < 4.78 is 0. The number of hydrogen-bond acceptors (Lipinski definition) is 1. The van der Waals surface area contributed by atoms with E-state index in [1.165, 1.54) is 0 Å². The van der Waals surface area contributed by atoms with Gasteiger partial charge in [0.25, 0.3) is 0 Å². The van der Waals surface area contributed by atoms with Gasteiger partial charge >= 0.3 is 0 Å². The van der Waals surface area contributed by atoms with E-state index in [4.69, 9.17) is 17.3 Å². The van der Waals surface area contributed by atoms with Gasteiger partial charge in [0.2, 0.25) is 0 Å². The van der Waals surface area contributed by atoms with Crippen LogP contribution in [0.15, 0.2) is 29.3 Å². The third-order valence-corrected chi connectivity index (χ3v) is 2.31. The van der Waals surface area contributed by atoms with E-state index in [0.29, 0.717) is 12.5 Å². The third kappa shape index (κ3) is 3.80. The maximum atomic E-state index is 5.80. The zero-order valence-electron chi connectivity index (χ0n) is 9.00. The molecule has 0 bridgehead atoms. The molecule has 0 saturated carbocycles. The van der Waals surface area contributed by atoms with E-state index in [9.17, 15) is 0 Å². The van der Waals surface area contributed by atoms with Crippen molar-refractivity contribution in [1.29, 1.82) is 0 Å². The van der Waals surface area contributed by atoms with Crippen LogP contribution >= 0.6 is 11.6 Å². The minimum absolute atomic E-state index is 0.137. The van der Waals surface area contributed by atoms with Gasteiger partial charge in [-0.15, -0.1) is 0 Å². The van der Waals surface area contributed by atoms with Crippen molar-refractivity contribution in [2.45, 2.75) is 19.9 Å². The van der Waals surface area contributed by atoms with Gasteiger partial charge in [-0.3, -0.25) is 4.99 Å². The summed E-state index contributed by atoms with van der Waals surface area (Å²) in [6, 6.07) is 7.81. The molecule has 0 aliphatic carbocycles. The Morgan fingerprint density at radius 1 is 1.47 bits per heavy atom. The minimum Gasteiger partial charge on any atom is -0.370 e. The van der Waals surface area contributed by atoms with Gasteiger partial charge in [-0.2, -0.15) is 0 Å². The second-order valence-corrected chi connectivity index (χ2v) is 3.71. The first-order chi connectivity index (χ1) is 7.13. The molecule has 82 valence electrons. The van der Waals surface area contributed by atoms with Crippen LogP contribution in [0.25, 0.3) is 0 Å². The molecule has 0 fully saturated rings. The zero-order chi connectivity index (χ0) is 11.3. The summed E-state index contributed by atoms with van der Waals surface area (Å²) in [5, 5.41) is 3.84. The quantitative estimate of drug-likeness (QED) is 0.613. The van der Waals surface area contributed by atoms with Crippen LogP contribution in [0, 0.1) is 0 Å². The number of halogens is 1. The van der Waals surface area contributed by atoms with Gasteiger partial charge in [0.15, 0.2) is 5.96 Å². The second kappa shape index (κ2) is 5.61. The number of rotatable bonds is 3. The monoisotopic (exact) mass is 225 g/mol. The van der Waals surface area contributed by atoms with Crippen LogP contribution < -0.4 is 11.1 Å². The number of nitrogens with one attached hydrogen (secondary N) is 1. The van der Waals surface area contributed by atoms with E-state index >= 15 is 0 Å². The van der Waals surface area contributed by atoms with Crippen LogP contribution in [0.3, 0.4) is 0 Å². The molecule has 1 aromatic rings. The lowest BCUT2D eigenvalue weighted by atomic mass is 10.1. The second-order valence-electron chi connectivity index (χ2n) is 3.28. The number of aliphatic imine (C=N–C) groups is 1. The highest BCUT2D eigenvalue weighted by Crippen LogP contribution is 2.15. The summed E-state index contributed by atoms with van der Waals surface area (Å²) in [5.74, 6) is 0.472. The molecule has 3 N–H and O–H groups in total. The first-order valence-electron chi connectivity index (χ1n) is 4.95. The average molecular weight is 226 g/mol. The Balaban J connectivity index is 2.65. The van der Waals surface area contributed by atoms with E-state index < -0.39 is 0 Å². The lowest BCUT2D eigenvalue weighted by Gasteiger charge is -2.14. The molecule has 0 radical (unpaired) electrons. The van der Waals surface area contributed by atoms with Crippen LogP contribution in [0.1, 0.15) is 25.5 Å². The number of nitrogens with zero attached hydrogens (tertiary/aromatic N) is 1. The standard InChI is InChI=1S/C11H16ClN3/c1-3-14-11(13)15-8(2)9-4-6-10(12)7-5-9/h4-8H,3H2,1-2H3,(H3,13,14,15). The Hall–Kier alpha value is -1.22. The Bertz CT molecular complexity index is 332. The smallest absolute Gasteiger partial charge is 0.189 e. The molecule has 1 unspecified atom stereocenters. The highest BCUT2D eigenvalue weighted by Gasteiger charge is 2.04. The Kier molecular flexibility index (Phi) is 4.43. The summed E-state index contributed by atoms with van der Waals surface area (Å²) in [4.78, 5) is 4.06.